The van der Waals surface area contributed by atoms with Crippen LogP contribution in [0.15, 0.2) is 0 Å². The Morgan fingerprint density at radius 1 is 0.400 bits per heavy atom. The summed E-state index contributed by atoms with van der Waals surface area (Å²) < 4.78 is 0. The molecule has 0 unspecified atom stereocenters. The van der Waals surface area contributed by atoms with Gasteiger partial charge >= 0.3 is 0 Å². The second-order valence-electron chi connectivity index (χ2n) is 0. The predicted octanol–water partition coefficient (Wildman–Crippen LogP) is -12.0. The van der Waals surface area contributed by atoms with Gasteiger partial charge in [-0.15, -0.1) is 0 Å². The third-order valence-electron chi connectivity index (χ3n) is 0. The summed E-state index contributed by atoms with van der Waals surface area (Å²) in [6.07, 6.45) is 0. The first kappa shape index (κ1) is 136. The van der Waals surface area contributed by atoms with Crippen LogP contribution in [0.3, 0.4) is 0 Å². The van der Waals surface area contributed by atoms with Gasteiger partial charge < -0.3 is 18.8 Å². The molecule has 0 spiro atoms. The van der Waals surface area contributed by atoms with Gasteiger partial charge in [0.2, 0.25) is 0 Å². The van der Waals surface area contributed by atoms with E-state index in [9.17, 15) is 0 Å². The van der Waals surface area contributed by atoms with Crippen molar-refractivity contribution in [3.8, 4) is 0 Å². The van der Waals surface area contributed by atoms with Crippen molar-refractivity contribution in [2.24, 2.45) is 0 Å². The van der Waals surface area contributed by atoms with E-state index in [1.54, 1.807) is 0 Å². The molecule has 0 aromatic rings. The molecule has 0 N–H and O–H groups in total. The van der Waals surface area contributed by atoms with Gasteiger partial charge in [0.05, 0.1) is 0 Å². The zero-order valence-electron chi connectivity index (χ0n) is 2.01. The van der Waals surface area contributed by atoms with Crippen LogP contribution in [0, 0.1) is 40.8 Å². The van der Waals surface area contributed by atoms with Crippen LogP contribution in [0.2, 0.25) is 0 Å². The van der Waals surface area contributed by atoms with Crippen LogP contribution in [-0.2, 0) is 0 Å². The average molecular weight is 220 g/mol. The van der Waals surface area contributed by atoms with Crippen molar-refractivity contribution in [1.82, 2.24) is 0 Å². The van der Waals surface area contributed by atoms with Crippen LogP contribution in [-0.4, -0.2) is 0 Å². The summed E-state index contributed by atoms with van der Waals surface area (Å²) in [6.45, 7) is 0. The minimum atomic E-state index is 0. The first-order valence-corrected chi connectivity index (χ1v) is 0. The van der Waals surface area contributed by atoms with E-state index in [0.29, 0.717) is 0 Å². The minimum Gasteiger partial charge on any atom is -1.00 e. The van der Waals surface area contributed by atoms with Crippen molar-refractivity contribution in [3.05, 3.63) is 0 Å². The summed E-state index contributed by atoms with van der Waals surface area (Å²) in [5.74, 6) is 0. The van der Waals surface area contributed by atoms with E-state index in [2.05, 4.69) is 0 Å². The summed E-state index contributed by atoms with van der Waals surface area (Å²) in [4.78, 5) is 0. The Hall–Kier alpha value is 1.07. The molecule has 0 nitrogen and oxygen atoms in total. The normalized spacial score (nSPS) is 0. The molecule has 0 heterocycles. The Labute approximate surface area is 59.3 Å². The van der Waals surface area contributed by atoms with Crippen LogP contribution in [0.4, 0.5) is 0 Å². The van der Waals surface area contributed by atoms with Crippen LogP contribution in [0.5, 0.6) is 0 Å². The van der Waals surface area contributed by atoms with Crippen molar-refractivity contribution < 1.29 is 59.7 Å². The maximum Gasteiger partial charge on any atom is 0 e. The second kappa shape index (κ2) is 73.3. The summed E-state index contributed by atoms with van der Waals surface area (Å²) >= 11 is 0. The molecular formula is F4Nd-4. The van der Waals surface area contributed by atoms with Gasteiger partial charge in [0.1, 0.15) is 0 Å². The fourth-order valence-corrected chi connectivity index (χ4v) is 0. The zero-order chi connectivity index (χ0) is 0. The second-order valence-corrected chi connectivity index (χ2v) is 0. The molecule has 0 saturated carbocycles. The van der Waals surface area contributed by atoms with Crippen molar-refractivity contribution in [3.63, 3.8) is 0 Å². The van der Waals surface area contributed by atoms with E-state index in [4.69, 9.17) is 0 Å². The molecule has 0 aromatic heterocycles. The van der Waals surface area contributed by atoms with Crippen molar-refractivity contribution in [2.75, 3.05) is 0 Å². The Bertz CT molecular complexity index is 3.61. The molecule has 0 aliphatic heterocycles. The molecule has 5 heteroatoms. The monoisotopic (exact) mass is 218 g/mol. The number of rotatable bonds is 0. The molecule has 0 amide bonds. The van der Waals surface area contributed by atoms with E-state index in [0.717, 1.165) is 0 Å². The molecule has 5 heavy (non-hydrogen) atoms. The molecule has 0 radical (unpaired) electrons. The molecule has 0 fully saturated rings. The van der Waals surface area contributed by atoms with Gasteiger partial charge in [0, 0.05) is 40.8 Å². The number of hydrogen-bond acceptors (Lipinski definition) is 0. The molecule has 0 rings (SSSR count). The summed E-state index contributed by atoms with van der Waals surface area (Å²) in [7, 11) is 0. The predicted molar refractivity (Wildman–Crippen MR) is 0 cm³/mol. The quantitative estimate of drug-likeness (QED) is 0.356. The molecular weight excluding hydrogens is 220 g/mol. The first-order valence-electron chi connectivity index (χ1n) is 0. The van der Waals surface area contributed by atoms with Crippen molar-refractivity contribution >= 4 is 0 Å². The van der Waals surface area contributed by atoms with Gasteiger partial charge in [-0.2, -0.15) is 0 Å². The Kier molecular flexibility index (Phi) is 2000. The van der Waals surface area contributed by atoms with Gasteiger partial charge in [0.15, 0.2) is 0 Å². The maximum atomic E-state index is 0. The molecule has 0 bridgehead atoms. The fraction of sp³-hybridized carbons (Fsp3) is 0. The third-order valence-corrected chi connectivity index (χ3v) is 0. The molecule has 0 saturated heterocycles. The molecule has 36 valence electrons. The molecule has 0 aliphatic rings. The van der Waals surface area contributed by atoms with Gasteiger partial charge in [0.25, 0.3) is 0 Å². The van der Waals surface area contributed by atoms with Gasteiger partial charge in [-0.3, -0.25) is 0 Å². The number of halogens is 4. The largest absolute Gasteiger partial charge is 1.00 e. The third kappa shape index (κ3) is 41.7. The van der Waals surface area contributed by atoms with E-state index >= 15 is 0 Å². The zero-order valence-corrected chi connectivity index (χ0v) is 5.22. The summed E-state index contributed by atoms with van der Waals surface area (Å²) in [6, 6.07) is 0. The standard InChI is InChI=1S/4FH.Nd/h4*1H;/p-4. The Morgan fingerprint density at radius 2 is 0.400 bits per heavy atom. The summed E-state index contributed by atoms with van der Waals surface area (Å²) in [5.41, 5.74) is 0. The minimum absolute atomic E-state index is 0. The van der Waals surface area contributed by atoms with Gasteiger partial charge in [-0.1, -0.05) is 0 Å². The summed E-state index contributed by atoms with van der Waals surface area (Å²) in [5, 5.41) is 0. The fourth-order valence-electron chi connectivity index (χ4n) is 0. The van der Waals surface area contributed by atoms with E-state index in [1.165, 1.54) is 0 Å². The van der Waals surface area contributed by atoms with Crippen molar-refractivity contribution in [1.29, 1.82) is 0 Å². The van der Waals surface area contributed by atoms with Crippen molar-refractivity contribution in [2.45, 2.75) is 0 Å². The van der Waals surface area contributed by atoms with E-state index in [1.807, 2.05) is 0 Å². The topological polar surface area (TPSA) is 0 Å². The Balaban J connectivity index is 0. The average Bonchev–Trinajstić information content (AvgIpc) is 0. The maximum absolute atomic E-state index is 0. The number of hydrogen-bond donors (Lipinski definition) is 0. The van der Waals surface area contributed by atoms with Crippen LogP contribution >= 0.6 is 0 Å². The van der Waals surface area contributed by atoms with E-state index < -0.39 is 0 Å². The van der Waals surface area contributed by atoms with E-state index in [-0.39, 0.29) is 59.7 Å². The van der Waals surface area contributed by atoms with Gasteiger partial charge in [-0.25, -0.2) is 0 Å². The van der Waals surface area contributed by atoms with Gasteiger partial charge in [-0.05, 0) is 0 Å². The molecule has 0 aliphatic carbocycles. The molecule has 0 atom stereocenters. The van der Waals surface area contributed by atoms with Crippen LogP contribution in [0.1, 0.15) is 0 Å². The van der Waals surface area contributed by atoms with Crippen LogP contribution < -0.4 is 18.8 Å². The molecule has 0 aromatic carbocycles. The SMILES string of the molecule is [F-].[F-].[F-].[F-].[Nd]. The Morgan fingerprint density at radius 3 is 0.400 bits per heavy atom. The first-order chi connectivity index (χ1) is 0. The van der Waals surface area contributed by atoms with Crippen LogP contribution in [0.25, 0.3) is 0 Å². The smallest absolute Gasteiger partial charge is 0 e.